The Morgan fingerprint density at radius 2 is 1.65 bits per heavy atom. The van der Waals surface area contributed by atoms with Crippen LogP contribution in [0.5, 0.6) is 5.75 Å². The minimum Gasteiger partial charge on any atom is -0.484 e. The van der Waals surface area contributed by atoms with Crippen LogP contribution in [0.15, 0.2) is 42.5 Å². The van der Waals surface area contributed by atoms with Gasteiger partial charge in [0, 0.05) is 17.6 Å². The van der Waals surface area contributed by atoms with Crippen molar-refractivity contribution in [2.75, 3.05) is 6.61 Å². The van der Waals surface area contributed by atoms with Crippen molar-refractivity contribution in [3.8, 4) is 5.75 Å². The second-order valence-electron chi connectivity index (χ2n) is 8.00. The monoisotopic (exact) mass is 444 g/mol. The second-order valence-corrected chi connectivity index (χ2v) is 8.44. The van der Waals surface area contributed by atoms with Gasteiger partial charge in [0.25, 0.3) is 5.91 Å². The lowest BCUT2D eigenvalue weighted by molar-refractivity contribution is -0.143. The van der Waals surface area contributed by atoms with Gasteiger partial charge in [-0.15, -0.1) is 0 Å². The maximum Gasteiger partial charge on any atom is 0.261 e. The van der Waals surface area contributed by atoms with Crippen LogP contribution in [-0.4, -0.2) is 35.4 Å². The van der Waals surface area contributed by atoms with E-state index in [1.165, 1.54) is 0 Å². The van der Waals surface area contributed by atoms with Crippen LogP contribution in [-0.2, 0) is 16.1 Å². The van der Waals surface area contributed by atoms with Gasteiger partial charge >= 0.3 is 0 Å². The van der Waals surface area contributed by atoms with Crippen molar-refractivity contribution in [3.63, 3.8) is 0 Å². The maximum absolute atomic E-state index is 13.2. The predicted octanol–water partition coefficient (Wildman–Crippen LogP) is 5.06. The second kappa shape index (κ2) is 11.8. The standard InChI is InChI=1S/C25H33ClN2O3/c1-6-19(5)27-25(30)23(7-2)28(15-20-8-10-21(26)11-9-20)24(29)16-31-22-13-17(3)12-18(4)14-22/h8-14,19,23H,6-7,15-16H2,1-5H3,(H,27,30)/t19-,23+/m0/s1. The van der Waals surface area contributed by atoms with E-state index >= 15 is 0 Å². The molecule has 5 nitrogen and oxygen atoms in total. The summed E-state index contributed by atoms with van der Waals surface area (Å²) in [6.45, 7) is 10.0. The number of aryl methyl sites for hydroxylation is 2. The number of halogens is 1. The Labute approximate surface area is 190 Å². The summed E-state index contributed by atoms with van der Waals surface area (Å²) in [5.74, 6) is 0.264. The Morgan fingerprint density at radius 3 is 2.19 bits per heavy atom. The summed E-state index contributed by atoms with van der Waals surface area (Å²) in [6.07, 6.45) is 1.33. The molecule has 0 saturated carbocycles. The number of rotatable bonds is 10. The smallest absolute Gasteiger partial charge is 0.261 e. The average molecular weight is 445 g/mol. The molecule has 0 aliphatic rings. The van der Waals surface area contributed by atoms with Crippen LogP contribution in [0.1, 0.15) is 50.3 Å². The zero-order valence-corrected chi connectivity index (χ0v) is 19.8. The van der Waals surface area contributed by atoms with Gasteiger partial charge in [-0.1, -0.05) is 43.6 Å². The highest BCUT2D eigenvalue weighted by Crippen LogP contribution is 2.18. The summed E-state index contributed by atoms with van der Waals surface area (Å²) in [7, 11) is 0. The summed E-state index contributed by atoms with van der Waals surface area (Å²) in [4.78, 5) is 27.7. The Hall–Kier alpha value is -2.53. The topological polar surface area (TPSA) is 58.6 Å². The third-order valence-corrected chi connectivity index (χ3v) is 5.46. The number of amides is 2. The predicted molar refractivity (Wildman–Crippen MR) is 125 cm³/mol. The van der Waals surface area contributed by atoms with Gasteiger partial charge in [-0.3, -0.25) is 9.59 Å². The van der Waals surface area contributed by atoms with E-state index in [1.54, 1.807) is 17.0 Å². The Bertz CT molecular complexity index is 863. The number of carbonyl (C=O) groups is 2. The molecule has 0 saturated heterocycles. The van der Waals surface area contributed by atoms with Crippen molar-refractivity contribution in [1.29, 1.82) is 0 Å². The summed E-state index contributed by atoms with van der Waals surface area (Å²) in [5, 5.41) is 3.63. The van der Waals surface area contributed by atoms with E-state index in [4.69, 9.17) is 16.3 Å². The van der Waals surface area contributed by atoms with Crippen LogP contribution in [0.25, 0.3) is 0 Å². The van der Waals surface area contributed by atoms with Crippen molar-refractivity contribution in [2.45, 2.75) is 66.1 Å². The summed E-state index contributed by atoms with van der Waals surface area (Å²) in [5.41, 5.74) is 3.04. The molecule has 2 aromatic carbocycles. The highest BCUT2D eigenvalue weighted by molar-refractivity contribution is 6.30. The first kappa shape index (κ1) is 24.7. The summed E-state index contributed by atoms with van der Waals surface area (Å²) < 4.78 is 5.80. The van der Waals surface area contributed by atoms with Gasteiger partial charge < -0.3 is 15.0 Å². The molecule has 2 rings (SSSR count). The lowest BCUT2D eigenvalue weighted by Crippen LogP contribution is -2.51. The van der Waals surface area contributed by atoms with Crippen LogP contribution < -0.4 is 10.1 Å². The normalized spacial score (nSPS) is 12.7. The fraction of sp³-hybridized carbons (Fsp3) is 0.440. The van der Waals surface area contributed by atoms with E-state index in [1.807, 2.05) is 65.0 Å². The van der Waals surface area contributed by atoms with Crippen molar-refractivity contribution in [2.24, 2.45) is 0 Å². The minimum absolute atomic E-state index is 0.0422. The third kappa shape index (κ3) is 7.59. The molecule has 2 atom stereocenters. The maximum atomic E-state index is 13.2. The van der Waals surface area contributed by atoms with Crippen LogP contribution in [0.4, 0.5) is 0 Å². The highest BCUT2D eigenvalue weighted by Gasteiger charge is 2.29. The molecule has 6 heteroatoms. The molecular weight excluding hydrogens is 412 g/mol. The van der Waals surface area contributed by atoms with Crippen LogP contribution >= 0.6 is 11.6 Å². The molecule has 31 heavy (non-hydrogen) atoms. The third-order valence-electron chi connectivity index (χ3n) is 5.21. The van der Waals surface area contributed by atoms with Crippen LogP contribution in [0, 0.1) is 13.8 Å². The van der Waals surface area contributed by atoms with E-state index in [-0.39, 0.29) is 24.5 Å². The lowest BCUT2D eigenvalue weighted by Gasteiger charge is -2.31. The Balaban J connectivity index is 2.22. The van der Waals surface area contributed by atoms with E-state index in [0.29, 0.717) is 23.7 Å². The molecule has 2 amide bonds. The molecule has 0 aliphatic heterocycles. The largest absolute Gasteiger partial charge is 0.484 e. The van der Waals surface area contributed by atoms with E-state index < -0.39 is 6.04 Å². The molecular formula is C25H33ClN2O3. The average Bonchev–Trinajstić information content (AvgIpc) is 2.72. The molecule has 168 valence electrons. The zero-order chi connectivity index (χ0) is 23.0. The van der Waals surface area contributed by atoms with Gasteiger partial charge in [0.15, 0.2) is 6.61 Å². The number of hydrogen-bond donors (Lipinski definition) is 1. The number of hydrogen-bond acceptors (Lipinski definition) is 3. The van der Waals surface area contributed by atoms with Crippen molar-refractivity contribution >= 4 is 23.4 Å². The van der Waals surface area contributed by atoms with Gasteiger partial charge in [0.05, 0.1) is 0 Å². The first-order valence-electron chi connectivity index (χ1n) is 10.8. The summed E-state index contributed by atoms with van der Waals surface area (Å²) >= 11 is 6.00. The number of carbonyl (C=O) groups excluding carboxylic acids is 2. The molecule has 0 aliphatic carbocycles. The molecule has 0 fully saturated rings. The van der Waals surface area contributed by atoms with Gasteiger partial charge in [-0.05, 0) is 74.6 Å². The SMILES string of the molecule is CC[C@H](C(=O)N[C@@H](C)CC)N(Cc1ccc(Cl)cc1)C(=O)COc1cc(C)cc(C)c1. The molecule has 0 spiro atoms. The van der Waals surface area contributed by atoms with Crippen molar-refractivity contribution < 1.29 is 14.3 Å². The molecule has 2 aromatic rings. The molecule has 0 unspecified atom stereocenters. The molecule has 0 bridgehead atoms. The Morgan fingerprint density at radius 1 is 1.03 bits per heavy atom. The van der Waals surface area contributed by atoms with Gasteiger partial charge in [-0.25, -0.2) is 0 Å². The van der Waals surface area contributed by atoms with Gasteiger partial charge in [-0.2, -0.15) is 0 Å². The van der Waals surface area contributed by atoms with Crippen molar-refractivity contribution in [3.05, 3.63) is 64.2 Å². The number of nitrogens with one attached hydrogen (secondary N) is 1. The Kier molecular flexibility index (Phi) is 9.38. The number of nitrogens with zero attached hydrogens (tertiary/aromatic N) is 1. The molecule has 0 aromatic heterocycles. The highest BCUT2D eigenvalue weighted by atomic mass is 35.5. The molecule has 1 N–H and O–H groups in total. The number of benzene rings is 2. The number of ether oxygens (including phenoxy) is 1. The first-order valence-corrected chi connectivity index (χ1v) is 11.2. The quantitative estimate of drug-likeness (QED) is 0.557. The fourth-order valence-electron chi connectivity index (χ4n) is 3.39. The minimum atomic E-state index is -0.583. The zero-order valence-electron chi connectivity index (χ0n) is 19.1. The van der Waals surface area contributed by atoms with Crippen LogP contribution in [0.2, 0.25) is 5.02 Å². The van der Waals surface area contributed by atoms with Crippen molar-refractivity contribution in [1.82, 2.24) is 10.2 Å². The lowest BCUT2D eigenvalue weighted by atomic mass is 10.1. The van der Waals surface area contributed by atoms with Crippen LogP contribution in [0.3, 0.4) is 0 Å². The molecule has 0 heterocycles. The van der Waals surface area contributed by atoms with E-state index in [0.717, 1.165) is 23.1 Å². The first-order chi connectivity index (χ1) is 14.7. The summed E-state index contributed by atoms with van der Waals surface area (Å²) in [6, 6.07) is 12.6. The van der Waals surface area contributed by atoms with Gasteiger partial charge in [0.2, 0.25) is 5.91 Å². The van der Waals surface area contributed by atoms with E-state index in [2.05, 4.69) is 5.32 Å². The fourth-order valence-corrected chi connectivity index (χ4v) is 3.52. The van der Waals surface area contributed by atoms with Gasteiger partial charge in [0.1, 0.15) is 11.8 Å². The molecule has 0 radical (unpaired) electrons. The van der Waals surface area contributed by atoms with E-state index in [9.17, 15) is 9.59 Å².